The molecule has 1 aliphatic heterocycles. The van der Waals surface area contributed by atoms with Gasteiger partial charge in [0.25, 0.3) is 0 Å². The molecule has 1 aliphatic rings. The van der Waals surface area contributed by atoms with Crippen molar-refractivity contribution in [1.29, 1.82) is 0 Å². The number of aryl methyl sites for hydroxylation is 2. The third-order valence-corrected chi connectivity index (χ3v) is 4.45. The van der Waals surface area contributed by atoms with Crippen LogP contribution in [-0.4, -0.2) is 34.7 Å². The number of piperidine rings is 1. The Kier molecular flexibility index (Phi) is 5.43. The van der Waals surface area contributed by atoms with E-state index in [1.54, 1.807) is 19.1 Å². The molecule has 1 aromatic carbocycles. The van der Waals surface area contributed by atoms with Crippen molar-refractivity contribution in [3.63, 3.8) is 0 Å². The Morgan fingerprint density at radius 1 is 1.48 bits per heavy atom. The number of benzene rings is 1. The third kappa shape index (κ3) is 4.63. The van der Waals surface area contributed by atoms with E-state index < -0.39 is 0 Å². The second kappa shape index (κ2) is 7.74. The van der Waals surface area contributed by atoms with Crippen LogP contribution in [0.3, 0.4) is 0 Å². The summed E-state index contributed by atoms with van der Waals surface area (Å²) in [5, 5.41) is 10.3. The van der Waals surface area contributed by atoms with Crippen LogP contribution in [0.4, 0.5) is 4.39 Å². The van der Waals surface area contributed by atoms with E-state index in [1.165, 1.54) is 6.07 Å². The van der Waals surface area contributed by atoms with E-state index >= 15 is 0 Å². The molecule has 0 saturated carbocycles. The molecule has 2 aromatic rings. The molecule has 3 rings (SSSR count). The molecule has 1 amide bonds. The quantitative estimate of drug-likeness (QED) is 0.869. The second-order valence-electron chi connectivity index (χ2n) is 6.62. The van der Waals surface area contributed by atoms with Gasteiger partial charge in [-0.15, -0.1) is 0 Å². The highest BCUT2D eigenvalue weighted by molar-refractivity contribution is 5.76. The number of carbonyl (C=O) groups is 1. The third-order valence-electron chi connectivity index (χ3n) is 4.45. The molecule has 1 fully saturated rings. The van der Waals surface area contributed by atoms with Crippen molar-refractivity contribution in [2.24, 2.45) is 0 Å². The Hall–Kier alpha value is -2.28. The number of hydrogen-bond acceptors (Lipinski definition) is 5. The minimum atomic E-state index is -0.306. The van der Waals surface area contributed by atoms with Crippen LogP contribution in [-0.2, 0) is 11.2 Å². The zero-order valence-electron chi connectivity index (χ0n) is 14.5. The molecule has 2 atom stereocenters. The van der Waals surface area contributed by atoms with Gasteiger partial charge in [-0.1, -0.05) is 17.3 Å². The van der Waals surface area contributed by atoms with Gasteiger partial charge < -0.3 is 15.2 Å². The van der Waals surface area contributed by atoms with Crippen molar-refractivity contribution >= 4 is 5.91 Å². The lowest BCUT2D eigenvalue weighted by Crippen LogP contribution is -2.46. The van der Waals surface area contributed by atoms with Crippen molar-refractivity contribution in [3.05, 3.63) is 35.5 Å². The number of carbonyl (C=O) groups excluding carboxylic acids is 1. The van der Waals surface area contributed by atoms with E-state index in [0.717, 1.165) is 19.4 Å². The molecule has 134 valence electrons. The van der Waals surface area contributed by atoms with Crippen molar-refractivity contribution in [2.75, 3.05) is 6.54 Å². The predicted molar refractivity (Wildman–Crippen MR) is 91.4 cm³/mol. The Morgan fingerprint density at radius 3 is 3.08 bits per heavy atom. The van der Waals surface area contributed by atoms with Crippen LogP contribution in [0, 0.1) is 12.7 Å². The van der Waals surface area contributed by atoms with E-state index in [-0.39, 0.29) is 17.8 Å². The number of rotatable bonds is 5. The monoisotopic (exact) mass is 346 g/mol. The summed E-state index contributed by atoms with van der Waals surface area (Å²) in [6.07, 6.45) is 2.55. The van der Waals surface area contributed by atoms with Crippen LogP contribution >= 0.6 is 0 Å². The molecular weight excluding hydrogens is 323 g/mol. The molecule has 6 nitrogen and oxygen atoms in total. The Morgan fingerprint density at radius 2 is 2.32 bits per heavy atom. The Bertz CT molecular complexity index is 746. The summed E-state index contributed by atoms with van der Waals surface area (Å²) < 4.78 is 18.8. The van der Waals surface area contributed by atoms with Gasteiger partial charge in [0.1, 0.15) is 5.82 Å². The van der Waals surface area contributed by atoms with Gasteiger partial charge in [0.05, 0.1) is 0 Å². The van der Waals surface area contributed by atoms with Crippen LogP contribution in [0.25, 0.3) is 11.4 Å². The Balaban J connectivity index is 1.53. The summed E-state index contributed by atoms with van der Waals surface area (Å²) in [7, 11) is 0. The molecule has 0 aliphatic carbocycles. The highest BCUT2D eigenvalue weighted by Gasteiger charge is 2.20. The average molecular weight is 346 g/mol. The first-order valence-electron chi connectivity index (χ1n) is 8.63. The van der Waals surface area contributed by atoms with Gasteiger partial charge in [0.15, 0.2) is 0 Å². The van der Waals surface area contributed by atoms with E-state index in [1.807, 2.05) is 0 Å². The highest BCUT2D eigenvalue weighted by atomic mass is 19.1. The first-order valence-corrected chi connectivity index (χ1v) is 8.63. The van der Waals surface area contributed by atoms with Gasteiger partial charge in [-0.2, -0.15) is 4.98 Å². The fraction of sp³-hybridized carbons (Fsp3) is 0.500. The minimum absolute atomic E-state index is 0.0137. The fourth-order valence-corrected chi connectivity index (χ4v) is 2.99. The van der Waals surface area contributed by atoms with Gasteiger partial charge in [0.2, 0.25) is 17.6 Å². The molecular formula is C18H23FN4O2. The predicted octanol–water partition coefficient (Wildman–Crippen LogP) is 2.37. The van der Waals surface area contributed by atoms with E-state index in [9.17, 15) is 9.18 Å². The molecule has 0 spiro atoms. The van der Waals surface area contributed by atoms with Crippen LogP contribution < -0.4 is 10.6 Å². The summed E-state index contributed by atoms with van der Waals surface area (Å²) in [5.74, 6) is 0.394. The molecule has 1 saturated heterocycles. The van der Waals surface area contributed by atoms with Gasteiger partial charge in [-0.05, 0) is 44.9 Å². The molecule has 25 heavy (non-hydrogen) atoms. The molecule has 2 heterocycles. The van der Waals surface area contributed by atoms with E-state index in [2.05, 4.69) is 27.7 Å². The lowest BCUT2D eigenvalue weighted by atomic mass is 10.0. The smallest absolute Gasteiger partial charge is 0.227 e. The number of nitrogens with one attached hydrogen (secondary N) is 2. The maximum Gasteiger partial charge on any atom is 0.227 e. The standard InChI is InChI=1S/C18H23FN4O2/c1-11-3-4-13(10-15(11)19)18-22-17(25-23-18)6-5-16(24)21-14-7-8-20-12(2)9-14/h3-4,10,12,14,20H,5-9H2,1-2H3,(H,21,24). The largest absolute Gasteiger partial charge is 0.353 e. The zero-order chi connectivity index (χ0) is 17.8. The van der Waals surface area contributed by atoms with Crippen LogP contribution in [0.5, 0.6) is 0 Å². The molecule has 2 unspecified atom stereocenters. The van der Waals surface area contributed by atoms with Crippen LogP contribution in [0.15, 0.2) is 22.7 Å². The summed E-state index contributed by atoms with van der Waals surface area (Å²) >= 11 is 0. The van der Waals surface area contributed by atoms with Crippen molar-refractivity contribution in [1.82, 2.24) is 20.8 Å². The molecule has 0 bridgehead atoms. The minimum Gasteiger partial charge on any atom is -0.353 e. The molecule has 2 N–H and O–H groups in total. The van der Waals surface area contributed by atoms with Gasteiger partial charge in [0, 0.05) is 30.5 Å². The topological polar surface area (TPSA) is 80.0 Å². The van der Waals surface area contributed by atoms with Crippen LogP contribution in [0.1, 0.15) is 37.6 Å². The summed E-state index contributed by atoms with van der Waals surface area (Å²) in [5.41, 5.74) is 1.13. The maximum atomic E-state index is 13.6. The first-order chi connectivity index (χ1) is 12.0. The highest BCUT2D eigenvalue weighted by Crippen LogP contribution is 2.19. The molecule has 7 heteroatoms. The number of amides is 1. The van der Waals surface area contributed by atoms with Gasteiger partial charge >= 0.3 is 0 Å². The molecule has 1 aromatic heterocycles. The fourth-order valence-electron chi connectivity index (χ4n) is 2.99. The second-order valence-corrected chi connectivity index (χ2v) is 6.62. The lowest BCUT2D eigenvalue weighted by Gasteiger charge is -2.28. The lowest BCUT2D eigenvalue weighted by molar-refractivity contribution is -0.122. The number of aromatic nitrogens is 2. The van der Waals surface area contributed by atoms with Crippen molar-refractivity contribution in [3.8, 4) is 11.4 Å². The normalized spacial score (nSPS) is 20.4. The Labute approximate surface area is 146 Å². The van der Waals surface area contributed by atoms with Crippen molar-refractivity contribution < 1.29 is 13.7 Å². The van der Waals surface area contributed by atoms with E-state index in [4.69, 9.17) is 4.52 Å². The number of nitrogens with zero attached hydrogens (tertiary/aromatic N) is 2. The number of hydrogen-bond donors (Lipinski definition) is 2. The van der Waals surface area contributed by atoms with E-state index in [0.29, 0.717) is 41.7 Å². The average Bonchev–Trinajstić information content (AvgIpc) is 3.04. The SMILES string of the molecule is Cc1ccc(-c2noc(CCC(=O)NC3CCNC(C)C3)n2)cc1F. The van der Waals surface area contributed by atoms with Crippen molar-refractivity contribution in [2.45, 2.75) is 51.6 Å². The summed E-state index contributed by atoms with van der Waals surface area (Å²) in [6.45, 7) is 4.74. The summed E-state index contributed by atoms with van der Waals surface area (Å²) in [6, 6.07) is 5.45. The number of halogens is 1. The zero-order valence-corrected chi connectivity index (χ0v) is 14.5. The van der Waals surface area contributed by atoms with Gasteiger partial charge in [-0.25, -0.2) is 4.39 Å². The summed E-state index contributed by atoms with van der Waals surface area (Å²) in [4.78, 5) is 16.3. The van der Waals surface area contributed by atoms with Crippen LogP contribution in [0.2, 0.25) is 0 Å². The molecule has 0 radical (unpaired) electrons. The van der Waals surface area contributed by atoms with Gasteiger partial charge in [-0.3, -0.25) is 4.79 Å². The maximum absolute atomic E-state index is 13.6. The first kappa shape index (κ1) is 17.5.